The van der Waals surface area contributed by atoms with Gasteiger partial charge in [-0.1, -0.05) is 44.5 Å². The van der Waals surface area contributed by atoms with Gasteiger partial charge in [0.15, 0.2) is 0 Å². The number of aliphatic hydroxyl groups excluding tert-OH is 1. The standard InChI is InChI=1S/C17H26ClNO2/c1-16(2,3)8-15(13-4-6-14(18)7-5-13)19-9-17(10-20)11-21-12-17/h4-7,15,19-20H,8-12H2,1-3H3. The third kappa shape index (κ3) is 4.68. The third-order valence-corrected chi connectivity index (χ3v) is 4.22. The Labute approximate surface area is 132 Å². The fourth-order valence-electron chi connectivity index (χ4n) is 2.60. The van der Waals surface area contributed by atoms with E-state index in [0.717, 1.165) is 18.0 Å². The maximum absolute atomic E-state index is 9.55. The Morgan fingerprint density at radius 3 is 2.33 bits per heavy atom. The van der Waals surface area contributed by atoms with Crippen molar-refractivity contribution in [3.8, 4) is 0 Å². The molecule has 1 aliphatic heterocycles. The van der Waals surface area contributed by atoms with Crippen molar-refractivity contribution in [2.45, 2.75) is 33.2 Å². The van der Waals surface area contributed by atoms with Crippen LogP contribution in [0.2, 0.25) is 5.02 Å². The summed E-state index contributed by atoms with van der Waals surface area (Å²) in [4.78, 5) is 0. The Kier molecular flexibility index (Phi) is 5.31. The first-order valence-corrected chi connectivity index (χ1v) is 7.89. The number of rotatable bonds is 6. The van der Waals surface area contributed by atoms with Crippen molar-refractivity contribution in [2.75, 3.05) is 26.4 Å². The molecule has 0 amide bonds. The second kappa shape index (κ2) is 6.66. The molecule has 4 heteroatoms. The predicted octanol–water partition coefficient (Wildman–Crippen LogP) is 3.42. The largest absolute Gasteiger partial charge is 0.396 e. The van der Waals surface area contributed by atoms with Crippen molar-refractivity contribution in [1.82, 2.24) is 5.32 Å². The zero-order chi connectivity index (χ0) is 15.5. The molecule has 0 saturated carbocycles. The van der Waals surface area contributed by atoms with Gasteiger partial charge in [0.2, 0.25) is 0 Å². The maximum Gasteiger partial charge on any atom is 0.0579 e. The van der Waals surface area contributed by atoms with Crippen LogP contribution in [0.3, 0.4) is 0 Å². The van der Waals surface area contributed by atoms with E-state index in [4.69, 9.17) is 16.3 Å². The normalized spacial score (nSPS) is 19.1. The van der Waals surface area contributed by atoms with Gasteiger partial charge in [-0.15, -0.1) is 0 Å². The van der Waals surface area contributed by atoms with Crippen molar-refractivity contribution in [3.05, 3.63) is 34.9 Å². The molecule has 0 spiro atoms. The van der Waals surface area contributed by atoms with Crippen LogP contribution in [0.1, 0.15) is 38.8 Å². The molecule has 2 rings (SSSR count). The highest BCUT2D eigenvalue weighted by molar-refractivity contribution is 6.30. The van der Waals surface area contributed by atoms with Crippen LogP contribution in [0.5, 0.6) is 0 Å². The highest BCUT2D eigenvalue weighted by atomic mass is 35.5. The molecule has 0 bridgehead atoms. The monoisotopic (exact) mass is 311 g/mol. The number of nitrogens with one attached hydrogen (secondary N) is 1. The number of ether oxygens (including phenoxy) is 1. The fraction of sp³-hybridized carbons (Fsp3) is 0.647. The molecule has 1 unspecified atom stereocenters. The van der Waals surface area contributed by atoms with E-state index in [1.165, 1.54) is 5.56 Å². The minimum atomic E-state index is -0.109. The molecule has 2 N–H and O–H groups in total. The molecule has 1 saturated heterocycles. The van der Waals surface area contributed by atoms with Gasteiger partial charge in [-0.2, -0.15) is 0 Å². The summed E-state index contributed by atoms with van der Waals surface area (Å²) in [6.07, 6.45) is 1.02. The smallest absolute Gasteiger partial charge is 0.0579 e. The lowest BCUT2D eigenvalue weighted by Crippen LogP contribution is -2.52. The molecular formula is C17H26ClNO2. The first kappa shape index (κ1) is 16.8. The predicted molar refractivity (Wildman–Crippen MR) is 86.6 cm³/mol. The second-order valence-corrected chi connectivity index (χ2v) is 7.84. The van der Waals surface area contributed by atoms with Crippen LogP contribution >= 0.6 is 11.6 Å². The van der Waals surface area contributed by atoms with Crippen molar-refractivity contribution in [3.63, 3.8) is 0 Å². The molecule has 1 heterocycles. The zero-order valence-corrected chi connectivity index (χ0v) is 13.9. The number of aliphatic hydroxyl groups is 1. The summed E-state index contributed by atoms with van der Waals surface area (Å²) >= 11 is 5.98. The quantitative estimate of drug-likeness (QED) is 0.846. The lowest BCUT2D eigenvalue weighted by Gasteiger charge is -2.41. The fourth-order valence-corrected chi connectivity index (χ4v) is 2.72. The molecule has 1 atom stereocenters. The van der Waals surface area contributed by atoms with E-state index in [1.54, 1.807) is 0 Å². The Morgan fingerprint density at radius 1 is 1.29 bits per heavy atom. The number of hydrogen-bond donors (Lipinski definition) is 2. The Bertz CT molecular complexity index is 443. The summed E-state index contributed by atoms with van der Waals surface area (Å²) in [5, 5.41) is 13.9. The van der Waals surface area contributed by atoms with Crippen LogP contribution < -0.4 is 5.32 Å². The van der Waals surface area contributed by atoms with Crippen LogP contribution in [0, 0.1) is 10.8 Å². The average Bonchev–Trinajstić information content (AvgIpc) is 2.36. The number of benzene rings is 1. The zero-order valence-electron chi connectivity index (χ0n) is 13.2. The van der Waals surface area contributed by atoms with E-state index in [0.29, 0.717) is 13.2 Å². The van der Waals surface area contributed by atoms with E-state index < -0.39 is 0 Å². The molecular weight excluding hydrogens is 286 g/mol. The van der Waals surface area contributed by atoms with Gasteiger partial charge in [0.05, 0.1) is 25.2 Å². The molecule has 118 valence electrons. The van der Waals surface area contributed by atoms with Gasteiger partial charge in [-0.3, -0.25) is 0 Å². The van der Waals surface area contributed by atoms with Crippen molar-refractivity contribution >= 4 is 11.6 Å². The molecule has 0 aromatic heterocycles. The highest BCUT2D eigenvalue weighted by Crippen LogP contribution is 2.32. The lowest BCUT2D eigenvalue weighted by atomic mass is 9.83. The molecule has 0 radical (unpaired) electrons. The van der Waals surface area contributed by atoms with Crippen LogP contribution in [0.15, 0.2) is 24.3 Å². The molecule has 21 heavy (non-hydrogen) atoms. The first-order valence-electron chi connectivity index (χ1n) is 7.51. The van der Waals surface area contributed by atoms with E-state index in [9.17, 15) is 5.11 Å². The van der Waals surface area contributed by atoms with Crippen LogP contribution in [0.25, 0.3) is 0 Å². The van der Waals surface area contributed by atoms with Gasteiger partial charge >= 0.3 is 0 Å². The summed E-state index contributed by atoms with van der Waals surface area (Å²) < 4.78 is 5.27. The summed E-state index contributed by atoms with van der Waals surface area (Å²) in [6, 6.07) is 8.28. The van der Waals surface area contributed by atoms with Crippen LogP contribution in [0.4, 0.5) is 0 Å². The first-order chi connectivity index (χ1) is 9.84. The Balaban J connectivity index is 2.06. The Morgan fingerprint density at radius 2 is 1.90 bits per heavy atom. The molecule has 1 fully saturated rings. The number of halogens is 1. The SMILES string of the molecule is CC(C)(C)CC(NCC1(CO)COC1)c1ccc(Cl)cc1. The third-order valence-electron chi connectivity index (χ3n) is 3.96. The summed E-state index contributed by atoms with van der Waals surface area (Å²) in [5.41, 5.74) is 1.35. The summed E-state index contributed by atoms with van der Waals surface area (Å²) in [7, 11) is 0. The minimum absolute atomic E-state index is 0.109. The van der Waals surface area contributed by atoms with Crippen molar-refractivity contribution in [2.24, 2.45) is 10.8 Å². The van der Waals surface area contributed by atoms with E-state index in [1.807, 2.05) is 12.1 Å². The van der Waals surface area contributed by atoms with Crippen LogP contribution in [-0.2, 0) is 4.74 Å². The van der Waals surface area contributed by atoms with Gasteiger partial charge in [-0.25, -0.2) is 0 Å². The summed E-state index contributed by atoms with van der Waals surface area (Å²) in [6.45, 7) is 8.94. The molecule has 3 nitrogen and oxygen atoms in total. The van der Waals surface area contributed by atoms with Crippen molar-refractivity contribution < 1.29 is 9.84 Å². The van der Waals surface area contributed by atoms with Gasteiger partial charge in [-0.05, 0) is 29.5 Å². The van der Waals surface area contributed by atoms with Crippen molar-refractivity contribution in [1.29, 1.82) is 0 Å². The van der Waals surface area contributed by atoms with E-state index in [-0.39, 0.29) is 23.5 Å². The highest BCUT2D eigenvalue weighted by Gasteiger charge is 2.38. The topological polar surface area (TPSA) is 41.5 Å². The lowest BCUT2D eigenvalue weighted by molar-refractivity contribution is -0.135. The van der Waals surface area contributed by atoms with Gasteiger partial charge in [0, 0.05) is 17.6 Å². The molecule has 1 aromatic carbocycles. The maximum atomic E-state index is 9.55. The summed E-state index contributed by atoms with van der Waals surface area (Å²) in [5.74, 6) is 0. The van der Waals surface area contributed by atoms with Gasteiger partial charge in [0.1, 0.15) is 0 Å². The second-order valence-electron chi connectivity index (χ2n) is 7.40. The van der Waals surface area contributed by atoms with Gasteiger partial charge in [0.25, 0.3) is 0 Å². The Hall–Kier alpha value is -0.610. The average molecular weight is 312 g/mol. The molecule has 0 aliphatic carbocycles. The molecule has 1 aliphatic rings. The van der Waals surface area contributed by atoms with Gasteiger partial charge < -0.3 is 15.2 Å². The minimum Gasteiger partial charge on any atom is -0.396 e. The molecule has 1 aromatic rings. The number of hydrogen-bond acceptors (Lipinski definition) is 3. The van der Waals surface area contributed by atoms with Crippen LogP contribution in [-0.4, -0.2) is 31.5 Å². The van der Waals surface area contributed by atoms with E-state index >= 15 is 0 Å². The van der Waals surface area contributed by atoms with E-state index in [2.05, 4.69) is 38.2 Å².